The first-order valence-corrected chi connectivity index (χ1v) is 10.6. The van der Waals surface area contributed by atoms with Crippen molar-refractivity contribution in [2.24, 2.45) is 5.92 Å². The minimum absolute atomic E-state index is 0.0740. The smallest absolute Gasteiger partial charge is 0.310 e. The van der Waals surface area contributed by atoms with E-state index in [-0.39, 0.29) is 17.3 Å². The summed E-state index contributed by atoms with van der Waals surface area (Å²) in [4.78, 5) is 12.4. The lowest BCUT2D eigenvalue weighted by Crippen LogP contribution is -2.15. The van der Waals surface area contributed by atoms with Crippen LogP contribution in [0.4, 0.5) is 0 Å². The molecule has 1 saturated carbocycles. The minimum Gasteiger partial charge on any atom is -0.497 e. The van der Waals surface area contributed by atoms with Gasteiger partial charge in [-0.25, -0.2) is 0 Å². The van der Waals surface area contributed by atoms with E-state index in [1.807, 2.05) is 19.1 Å². The molecule has 28 heavy (non-hydrogen) atoms. The van der Waals surface area contributed by atoms with E-state index in [1.54, 1.807) is 7.11 Å². The standard InChI is InChI=1S/C25H32O3/c1-4-6-7-8-9-10-15-25(18-23(25)24(26)28-5-2)21-13-11-20-17-22(27-3)14-12-19(20)16-21/h10-17,23H,4-9,18H2,1-3H3/b15-10+/t23-,25-/m0/s1. The van der Waals surface area contributed by atoms with Crippen LogP contribution in [0.2, 0.25) is 0 Å². The van der Waals surface area contributed by atoms with Crippen molar-refractivity contribution < 1.29 is 14.3 Å². The monoisotopic (exact) mass is 380 g/mol. The highest BCUT2D eigenvalue weighted by Crippen LogP contribution is 2.56. The van der Waals surface area contributed by atoms with Crippen LogP contribution < -0.4 is 4.74 Å². The van der Waals surface area contributed by atoms with Gasteiger partial charge in [0.2, 0.25) is 0 Å². The van der Waals surface area contributed by atoms with Gasteiger partial charge in [-0.1, -0.05) is 62.6 Å². The van der Waals surface area contributed by atoms with Gasteiger partial charge in [-0.05, 0) is 54.7 Å². The van der Waals surface area contributed by atoms with E-state index in [0.29, 0.717) is 6.61 Å². The number of fused-ring (bicyclic) bond motifs is 1. The number of esters is 1. The van der Waals surface area contributed by atoms with Crippen molar-refractivity contribution in [3.05, 3.63) is 54.1 Å². The second-order valence-corrected chi connectivity index (χ2v) is 7.73. The Morgan fingerprint density at radius 1 is 1.11 bits per heavy atom. The summed E-state index contributed by atoms with van der Waals surface area (Å²) in [6.45, 7) is 4.53. The Bertz CT molecular complexity index is 839. The molecule has 3 rings (SSSR count). The molecule has 0 N–H and O–H groups in total. The molecule has 0 heterocycles. The average Bonchev–Trinajstić information content (AvgIpc) is 3.46. The Morgan fingerprint density at radius 2 is 1.89 bits per heavy atom. The maximum absolute atomic E-state index is 12.4. The van der Waals surface area contributed by atoms with Gasteiger partial charge >= 0.3 is 5.97 Å². The van der Waals surface area contributed by atoms with E-state index < -0.39 is 0 Å². The highest BCUT2D eigenvalue weighted by Gasteiger charge is 2.58. The SMILES string of the molecule is CCCCCC/C=C/[C@@]1(c2ccc3cc(OC)ccc3c2)C[C@H]1C(=O)OCC. The number of benzene rings is 2. The van der Waals surface area contributed by atoms with Gasteiger partial charge in [0.15, 0.2) is 0 Å². The Balaban J connectivity index is 1.84. The van der Waals surface area contributed by atoms with Gasteiger partial charge in [0, 0.05) is 5.41 Å². The van der Waals surface area contributed by atoms with Gasteiger partial charge in [0.05, 0.1) is 19.6 Å². The molecule has 0 unspecified atom stereocenters. The normalized spacial score (nSPS) is 21.2. The fourth-order valence-electron chi connectivity index (χ4n) is 4.04. The van der Waals surface area contributed by atoms with Crippen LogP contribution in [0.5, 0.6) is 5.75 Å². The Kier molecular flexibility index (Phi) is 6.77. The first-order chi connectivity index (χ1) is 13.6. The lowest BCUT2D eigenvalue weighted by Gasteiger charge is -2.15. The van der Waals surface area contributed by atoms with Crippen molar-refractivity contribution in [3.8, 4) is 5.75 Å². The lowest BCUT2D eigenvalue weighted by atomic mass is 9.90. The number of ether oxygens (including phenoxy) is 2. The molecule has 0 saturated heterocycles. The predicted octanol–water partition coefficient (Wildman–Crippen LogP) is 6.20. The molecule has 0 radical (unpaired) electrons. The zero-order valence-electron chi connectivity index (χ0n) is 17.4. The lowest BCUT2D eigenvalue weighted by molar-refractivity contribution is -0.145. The molecule has 1 aliphatic carbocycles. The van der Waals surface area contributed by atoms with Crippen LogP contribution in [0.25, 0.3) is 10.8 Å². The first-order valence-electron chi connectivity index (χ1n) is 10.6. The van der Waals surface area contributed by atoms with Crippen molar-refractivity contribution >= 4 is 16.7 Å². The van der Waals surface area contributed by atoms with E-state index in [2.05, 4.69) is 43.3 Å². The van der Waals surface area contributed by atoms with Crippen LogP contribution >= 0.6 is 0 Å². The molecule has 1 aliphatic rings. The van der Waals surface area contributed by atoms with Crippen LogP contribution in [-0.2, 0) is 14.9 Å². The van der Waals surface area contributed by atoms with Crippen molar-refractivity contribution in [2.75, 3.05) is 13.7 Å². The van der Waals surface area contributed by atoms with Gasteiger partial charge in [-0.3, -0.25) is 4.79 Å². The second kappa shape index (κ2) is 9.27. The van der Waals surface area contributed by atoms with Crippen LogP contribution in [0.1, 0.15) is 57.9 Å². The number of rotatable bonds is 10. The number of hydrogen-bond donors (Lipinski definition) is 0. The van der Waals surface area contributed by atoms with Crippen molar-refractivity contribution in [2.45, 2.75) is 57.8 Å². The molecule has 0 spiro atoms. The third-order valence-corrected chi connectivity index (χ3v) is 5.80. The number of unbranched alkanes of at least 4 members (excludes halogenated alkanes) is 4. The van der Waals surface area contributed by atoms with E-state index in [0.717, 1.165) is 24.0 Å². The summed E-state index contributed by atoms with van der Waals surface area (Å²) in [5.41, 5.74) is 0.985. The molecular formula is C25H32O3. The van der Waals surface area contributed by atoms with Gasteiger partial charge in [-0.15, -0.1) is 0 Å². The molecule has 0 bridgehead atoms. The molecule has 3 nitrogen and oxygen atoms in total. The second-order valence-electron chi connectivity index (χ2n) is 7.73. The molecule has 3 heteroatoms. The molecule has 0 amide bonds. The van der Waals surface area contributed by atoms with E-state index in [1.165, 1.54) is 36.6 Å². The summed E-state index contributed by atoms with van der Waals surface area (Å²) in [6.07, 6.45) is 11.5. The fourth-order valence-corrected chi connectivity index (χ4v) is 4.04. The third-order valence-electron chi connectivity index (χ3n) is 5.80. The van der Waals surface area contributed by atoms with Crippen molar-refractivity contribution in [1.82, 2.24) is 0 Å². The van der Waals surface area contributed by atoms with Crippen LogP contribution in [0.15, 0.2) is 48.6 Å². The zero-order valence-corrected chi connectivity index (χ0v) is 17.4. The number of carbonyl (C=O) groups is 1. The van der Waals surface area contributed by atoms with Gasteiger partial charge < -0.3 is 9.47 Å². The summed E-state index contributed by atoms with van der Waals surface area (Å²) >= 11 is 0. The van der Waals surface area contributed by atoms with Crippen molar-refractivity contribution in [1.29, 1.82) is 0 Å². The number of methoxy groups -OCH3 is 1. The number of hydrogen-bond acceptors (Lipinski definition) is 3. The molecule has 2 atom stereocenters. The van der Waals surface area contributed by atoms with E-state index >= 15 is 0 Å². The first kappa shape index (κ1) is 20.4. The summed E-state index contributed by atoms with van der Waals surface area (Å²) in [7, 11) is 1.68. The highest BCUT2D eigenvalue weighted by atomic mass is 16.5. The van der Waals surface area contributed by atoms with Crippen LogP contribution in [-0.4, -0.2) is 19.7 Å². The third kappa shape index (κ3) is 4.40. The topological polar surface area (TPSA) is 35.5 Å². The van der Waals surface area contributed by atoms with Gasteiger partial charge in [0.25, 0.3) is 0 Å². The molecule has 2 aromatic carbocycles. The summed E-state index contributed by atoms with van der Waals surface area (Å²) in [5.74, 6) is 0.709. The zero-order chi connectivity index (χ0) is 20.0. The largest absolute Gasteiger partial charge is 0.497 e. The Morgan fingerprint density at radius 3 is 2.64 bits per heavy atom. The summed E-state index contributed by atoms with van der Waals surface area (Å²) < 4.78 is 10.7. The van der Waals surface area contributed by atoms with Gasteiger partial charge in [0.1, 0.15) is 5.75 Å². The molecule has 2 aromatic rings. The quantitative estimate of drug-likeness (QED) is 0.280. The average molecular weight is 381 g/mol. The molecule has 0 aromatic heterocycles. The van der Waals surface area contributed by atoms with Gasteiger partial charge in [-0.2, -0.15) is 0 Å². The summed E-state index contributed by atoms with van der Waals surface area (Å²) in [6, 6.07) is 12.6. The fraction of sp³-hybridized carbons (Fsp3) is 0.480. The van der Waals surface area contributed by atoms with Crippen molar-refractivity contribution in [3.63, 3.8) is 0 Å². The minimum atomic E-state index is -0.217. The highest BCUT2D eigenvalue weighted by molar-refractivity contribution is 5.86. The maximum atomic E-state index is 12.4. The van der Waals surface area contributed by atoms with Crippen LogP contribution in [0, 0.1) is 5.92 Å². The maximum Gasteiger partial charge on any atom is 0.310 e. The molecular weight excluding hydrogens is 348 g/mol. The Hall–Kier alpha value is -2.29. The number of carbonyl (C=O) groups excluding carboxylic acids is 1. The molecule has 0 aliphatic heterocycles. The number of allylic oxidation sites excluding steroid dienone is 2. The molecule has 150 valence electrons. The van der Waals surface area contributed by atoms with E-state index in [4.69, 9.17) is 9.47 Å². The molecule has 1 fully saturated rings. The summed E-state index contributed by atoms with van der Waals surface area (Å²) in [5, 5.41) is 2.32. The van der Waals surface area contributed by atoms with E-state index in [9.17, 15) is 4.79 Å². The van der Waals surface area contributed by atoms with Crippen LogP contribution in [0.3, 0.4) is 0 Å². The Labute approximate surface area is 168 Å². The predicted molar refractivity (Wildman–Crippen MR) is 115 cm³/mol.